The molecule has 27 heavy (non-hydrogen) atoms. The zero-order valence-electron chi connectivity index (χ0n) is 15.4. The van der Waals surface area contributed by atoms with Crippen molar-refractivity contribution in [1.82, 2.24) is 10.6 Å². The summed E-state index contributed by atoms with van der Waals surface area (Å²) in [5.41, 5.74) is 3.02. The number of carbonyl (C=O) groups is 2. The van der Waals surface area contributed by atoms with Gasteiger partial charge in [-0.2, -0.15) is 0 Å². The lowest BCUT2D eigenvalue weighted by Gasteiger charge is -2.28. The molecule has 142 valence electrons. The van der Waals surface area contributed by atoms with Gasteiger partial charge >= 0.3 is 0 Å². The molecule has 2 amide bonds. The molecule has 2 aromatic carbocycles. The van der Waals surface area contributed by atoms with Crippen molar-refractivity contribution >= 4 is 27.7 Å². The molecule has 3 rings (SSSR count). The van der Waals surface area contributed by atoms with E-state index in [9.17, 15) is 9.59 Å². The summed E-state index contributed by atoms with van der Waals surface area (Å²) >= 11 is 3.47. The number of nitrogens with one attached hydrogen (secondary N) is 2. The predicted molar refractivity (Wildman–Crippen MR) is 107 cm³/mol. The van der Waals surface area contributed by atoms with Gasteiger partial charge in [-0.1, -0.05) is 45.8 Å². The number of hydrogen-bond acceptors (Lipinski definition) is 3. The van der Waals surface area contributed by atoms with Gasteiger partial charge in [-0.3, -0.25) is 9.59 Å². The van der Waals surface area contributed by atoms with Crippen molar-refractivity contribution in [2.75, 3.05) is 6.61 Å². The third kappa shape index (κ3) is 5.10. The van der Waals surface area contributed by atoms with Crippen molar-refractivity contribution < 1.29 is 14.3 Å². The summed E-state index contributed by atoms with van der Waals surface area (Å²) in [6.45, 7) is 4.03. The first kappa shape index (κ1) is 19.4. The second kappa shape index (κ2) is 8.57. The van der Waals surface area contributed by atoms with Gasteiger partial charge in [0.05, 0.1) is 25.1 Å². The van der Waals surface area contributed by atoms with Crippen LogP contribution in [-0.4, -0.2) is 18.4 Å². The van der Waals surface area contributed by atoms with Crippen LogP contribution in [0.25, 0.3) is 0 Å². The number of rotatable bonds is 5. The molecule has 0 saturated heterocycles. The van der Waals surface area contributed by atoms with Gasteiger partial charge in [-0.15, -0.1) is 0 Å². The van der Waals surface area contributed by atoms with Gasteiger partial charge in [-0.25, -0.2) is 0 Å². The summed E-state index contributed by atoms with van der Waals surface area (Å²) in [5.74, 6) is 0.535. The summed E-state index contributed by atoms with van der Waals surface area (Å²) in [6, 6.07) is 13.2. The molecule has 6 heteroatoms. The SMILES string of the molecule is CC(=O)NC(CC(=O)NC1CCOc2ccc(Br)cc21)c1ccc(C)cc1. The summed E-state index contributed by atoms with van der Waals surface area (Å²) in [7, 11) is 0. The zero-order valence-corrected chi connectivity index (χ0v) is 17.0. The third-order valence-corrected chi connectivity index (χ3v) is 5.09. The highest BCUT2D eigenvalue weighted by Crippen LogP contribution is 2.34. The van der Waals surface area contributed by atoms with E-state index in [1.807, 2.05) is 49.4 Å². The van der Waals surface area contributed by atoms with Crippen LogP contribution in [0.15, 0.2) is 46.9 Å². The molecule has 0 spiro atoms. The maximum absolute atomic E-state index is 12.7. The molecule has 0 fully saturated rings. The highest BCUT2D eigenvalue weighted by atomic mass is 79.9. The number of ether oxygens (including phenoxy) is 1. The Labute approximate surface area is 167 Å². The van der Waals surface area contributed by atoms with E-state index in [2.05, 4.69) is 26.6 Å². The van der Waals surface area contributed by atoms with Crippen LogP contribution in [0.5, 0.6) is 5.75 Å². The number of aryl methyl sites for hydroxylation is 1. The molecule has 0 aliphatic carbocycles. The number of hydrogen-bond donors (Lipinski definition) is 2. The Morgan fingerprint density at radius 3 is 2.67 bits per heavy atom. The first-order chi connectivity index (χ1) is 12.9. The van der Waals surface area contributed by atoms with E-state index in [0.29, 0.717) is 13.0 Å². The molecule has 5 nitrogen and oxygen atoms in total. The Balaban J connectivity index is 1.72. The average Bonchev–Trinajstić information content (AvgIpc) is 2.62. The molecule has 0 bridgehead atoms. The topological polar surface area (TPSA) is 67.4 Å². The smallest absolute Gasteiger partial charge is 0.222 e. The van der Waals surface area contributed by atoms with Crippen LogP contribution in [-0.2, 0) is 9.59 Å². The Kier molecular flexibility index (Phi) is 6.16. The molecule has 1 aliphatic heterocycles. The van der Waals surface area contributed by atoms with Crippen LogP contribution in [0.4, 0.5) is 0 Å². The molecule has 2 unspecified atom stereocenters. The Morgan fingerprint density at radius 1 is 1.22 bits per heavy atom. The zero-order chi connectivity index (χ0) is 19.4. The van der Waals surface area contributed by atoms with Gasteiger partial charge in [0.1, 0.15) is 5.75 Å². The van der Waals surface area contributed by atoms with Crippen molar-refractivity contribution in [3.63, 3.8) is 0 Å². The van der Waals surface area contributed by atoms with Crippen LogP contribution in [0.2, 0.25) is 0 Å². The van der Waals surface area contributed by atoms with E-state index in [1.165, 1.54) is 6.92 Å². The van der Waals surface area contributed by atoms with E-state index in [1.54, 1.807) is 0 Å². The fourth-order valence-corrected chi connectivity index (χ4v) is 3.63. The number of carbonyl (C=O) groups excluding carboxylic acids is 2. The van der Waals surface area contributed by atoms with Crippen LogP contribution in [0.3, 0.4) is 0 Å². The predicted octanol–water partition coefficient (Wildman–Crippen LogP) is 3.96. The van der Waals surface area contributed by atoms with Crippen LogP contribution >= 0.6 is 15.9 Å². The summed E-state index contributed by atoms with van der Waals surface area (Å²) in [4.78, 5) is 24.3. The Morgan fingerprint density at radius 2 is 1.96 bits per heavy atom. The number of benzene rings is 2. The molecular weight excluding hydrogens is 408 g/mol. The van der Waals surface area contributed by atoms with Crippen LogP contribution in [0, 0.1) is 6.92 Å². The summed E-state index contributed by atoms with van der Waals surface area (Å²) in [5, 5.41) is 5.98. The van der Waals surface area contributed by atoms with Gasteiger partial charge < -0.3 is 15.4 Å². The third-order valence-electron chi connectivity index (χ3n) is 4.59. The molecule has 2 aromatic rings. The number of amides is 2. The van der Waals surface area contributed by atoms with Crippen LogP contribution < -0.4 is 15.4 Å². The molecule has 2 N–H and O–H groups in total. The van der Waals surface area contributed by atoms with Gasteiger partial charge in [-0.05, 0) is 30.7 Å². The quantitative estimate of drug-likeness (QED) is 0.753. The minimum absolute atomic E-state index is 0.102. The summed E-state index contributed by atoms with van der Waals surface area (Å²) < 4.78 is 6.62. The highest BCUT2D eigenvalue weighted by Gasteiger charge is 2.25. The molecule has 2 atom stereocenters. The molecule has 0 saturated carbocycles. The molecule has 1 heterocycles. The van der Waals surface area contributed by atoms with Crippen molar-refractivity contribution in [3.05, 3.63) is 63.6 Å². The van der Waals surface area contributed by atoms with E-state index in [0.717, 1.165) is 26.9 Å². The maximum atomic E-state index is 12.7. The minimum Gasteiger partial charge on any atom is -0.493 e. The molecule has 0 radical (unpaired) electrons. The first-order valence-corrected chi connectivity index (χ1v) is 9.77. The second-order valence-corrected chi connectivity index (χ2v) is 7.72. The molecule has 0 aromatic heterocycles. The van der Waals surface area contributed by atoms with Gasteiger partial charge in [0.25, 0.3) is 0 Å². The van der Waals surface area contributed by atoms with Gasteiger partial charge in [0, 0.05) is 23.4 Å². The maximum Gasteiger partial charge on any atom is 0.222 e. The lowest BCUT2D eigenvalue weighted by molar-refractivity contribution is -0.123. The van der Waals surface area contributed by atoms with E-state index < -0.39 is 0 Å². The van der Waals surface area contributed by atoms with Crippen molar-refractivity contribution in [2.24, 2.45) is 0 Å². The van der Waals surface area contributed by atoms with E-state index >= 15 is 0 Å². The fourth-order valence-electron chi connectivity index (χ4n) is 3.25. The van der Waals surface area contributed by atoms with Gasteiger partial charge in [0.15, 0.2) is 0 Å². The monoisotopic (exact) mass is 430 g/mol. The first-order valence-electron chi connectivity index (χ1n) is 8.97. The average molecular weight is 431 g/mol. The largest absolute Gasteiger partial charge is 0.493 e. The fraction of sp³-hybridized carbons (Fsp3) is 0.333. The second-order valence-electron chi connectivity index (χ2n) is 6.81. The van der Waals surface area contributed by atoms with Crippen LogP contribution in [0.1, 0.15) is 48.5 Å². The Hall–Kier alpha value is -2.34. The van der Waals surface area contributed by atoms with Crippen molar-refractivity contribution in [1.29, 1.82) is 0 Å². The van der Waals surface area contributed by atoms with E-state index in [4.69, 9.17) is 4.74 Å². The van der Waals surface area contributed by atoms with Crippen molar-refractivity contribution in [2.45, 2.75) is 38.8 Å². The Bertz CT molecular complexity index is 836. The van der Waals surface area contributed by atoms with E-state index in [-0.39, 0.29) is 30.3 Å². The van der Waals surface area contributed by atoms with Crippen molar-refractivity contribution in [3.8, 4) is 5.75 Å². The van der Waals surface area contributed by atoms with Gasteiger partial charge in [0.2, 0.25) is 11.8 Å². The molecular formula is C21H23BrN2O3. The lowest BCUT2D eigenvalue weighted by Crippen LogP contribution is -2.36. The summed E-state index contributed by atoms with van der Waals surface area (Å²) in [6.07, 6.45) is 0.897. The molecule has 1 aliphatic rings. The lowest BCUT2D eigenvalue weighted by atomic mass is 9.98. The minimum atomic E-state index is -0.357. The number of fused-ring (bicyclic) bond motifs is 1. The normalized spacial score (nSPS) is 16.6. The highest BCUT2D eigenvalue weighted by molar-refractivity contribution is 9.10. The number of halogens is 1. The standard InChI is InChI=1S/C21H23BrN2O3/c1-13-3-5-15(6-4-13)19(23-14(2)25)12-21(26)24-18-9-10-27-20-8-7-16(22)11-17(18)20/h3-8,11,18-19H,9-10,12H2,1-2H3,(H,23,25)(H,24,26).